The molecule has 0 radical (unpaired) electrons. The standard InChI is InChI=1S/C14H11F2NO3S/c1-7-5-8(10(16)6-9(7)15)13(18)17-11-3-4-21-12(11)14(19)20-2/h3-6H,1-2H3,(H,17,18). The van der Waals surface area contributed by atoms with E-state index in [4.69, 9.17) is 0 Å². The summed E-state index contributed by atoms with van der Waals surface area (Å²) in [5, 5.41) is 4.01. The average molecular weight is 311 g/mol. The molecule has 110 valence electrons. The smallest absolute Gasteiger partial charge is 0.350 e. The van der Waals surface area contributed by atoms with Gasteiger partial charge in [-0.05, 0) is 30.0 Å². The van der Waals surface area contributed by atoms with E-state index in [1.165, 1.54) is 20.1 Å². The van der Waals surface area contributed by atoms with Gasteiger partial charge in [0.2, 0.25) is 0 Å². The molecule has 0 unspecified atom stereocenters. The number of methoxy groups -OCH3 is 1. The van der Waals surface area contributed by atoms with Gasteiger partial charge in [-0.3, -0.25) is 4.79 Å². The second-order valence-electron chi connectivity index (χ2n) is 4.19. The Morgan fingerprint density at radius 1 is 1.24 bits per heavy atom. The minimum atomic E-state index is -0.967. The Bertz CT molecular complexity index is 712. The monoisotopic (exact) mass is 311 g/mol. The molecule has 1 heterocycles. The molecule has 2 rings (SSSR count). The highest BCUT2D eigenvalue weighted by Crippen LogP contribution is 2.24. The molecule has 1 N–H and O–H groups in total. The van der Waals surface area contributed by atoms with Crippen molar-refractivity contribution in [2.24, 2.45) is 0 Å². The quantitative estimate of drug-likeness (QED) is 0.884. The van der Waals surface area contributed by atoms with Crippen molar-refractivity contribution in [3.8, 4) is 0 Å². The molecule has 4 nitrogen and oxygen atoms in total. The van der Waals surface area contributed by atoms with Crippen molar-refractivity contribution in [3.63, 3.8) is 0 Å². The van der Waals surface area contributed by atoms with Gasteiger partial charge in [-0.25, -0.2) is 13.6 Å². The number of carbonyl (C=O) groups excluding carboxylic acids is 2. The van der Waals surface area contributed by atoms with Crippen LogP contribution in [-0.2, 0) is 4.74 Å². The number of anilines is 1. The number of hydrogen-bond acceptors (Lipinski definition) is 4. The molecular formula is C14H11F2NO3S. The maximum atomic E-state index is 13.6. The van der Waals surface area contributed by atoms with E-state index in [0.29, 0.717) is 6.07 Å². The molecule has 21 heavy (non-hydrogen) atoms. The van der Waals surface area contributed by atoms with E-state index in [9.17, 15) is 18.4 Å². The zero-order valence-electron chi connectivity index (χ0n) is 11.2. The maximum absolute atomic E-state index is 13.6. The first kappa shape index (κ1) is 15.1. The Morgan fingerprint density at radius 3 is 2.62 bits per heavy atom. The summed E-state index contributed by atoms with van der Waals surface area (Å²) in [7, 11) is 1.22. The van der Waals surface area contributed by atoms with Crippen LogP contribution in [0.5, 0.6) is 0 Å². The molecule has 0 saturated carbocycles. The highest BCUT2D eigenvalue weighted by Gasteiger charge is 2.19. The predicted octanol–water partition coefficient (Wildman–Crippen LogP) is 3.37. The van der Waals surface area contributed by atoms with E-state index in [-0.39, 0.29) is 21.7 Å². The van der Waals surface area contributed by atoms with Crippen molar-refractivity contribution in [1.82, 2.24) is 0 Å². The first-order valence-electron chi connectivity index (χ1n) is 5.87. The molecule has 0 saturated heterocycles. The lowest BCUT2D eigenvalue weighted by atomic mass is 10.1. The van der Waals surface area contributed by atoms with E-state index in [2.05, 4.69) is 10.1 Å². The summed E-state index contributed by atoms with van der Waals surface area (Å²) in [6.45, 7) is 1.43. The molecule has 0 bridgehead atoms. The largest absolute Gasteiger partial charge is 0.465 e. The first-order valence-corrected chi connectivity index (χ1v) is 6.74. The maximum Gasteiger partial charge on any atom is 0.350 e. The summed E-state index contributed by atoms with van der Waals surface area (Å²) in [5.74, 6) is -3.06. The molecule has 7 heteroatoms. The Morgan fingerprint density at radius 2 is 1.95 bits per heavy atom. The van der Waals surface area contributed by atoms with Gasteiger partial charge >= 0.3 is 5.97 Å². The number of esters is 1. The van der Waals surface area contributed by atoms with Gasteiger partial charge in [-0.15, -0.1) is 11.3 Å². The number of thiophene rings is 1. The van der Waals surface area contributed by atoms with Crippen LogP contribution in [0.3, 0.4) is 0 Å². The number of halogens is 2. The second kappa shape index (κ2) is 6.01. The minimum Gasteiger partial charge on any atom is -0.465 e. The van der Waals surface area contributed by atoms with Gasteiger partial charge in [0.15, 0.2) is 0 Å². The lowest BCUT2D eigenvalue weighted by Crippen LogP contribution is -2.16. The predicted molar refractivity (Wildman–Crippen MR) is 74.7 cm³/mol. The summed E-state index contributed by atoms with van der Waals surface area (Å²) in [6.07, 6.45) is 0. The van der Waals surface area contributed by atoms with Crippen molar-refractivity contribution in [2.45, 2.75) is 6.92 Å². The van der Waals surface area contributed by atoms with Crippen molar-refractivity contribution >= 4 is 28.9 Å². The molecule has 1 aromatic heterocycles. The highest BCUT2D eigenvalue weighted by atomic mass is 32.1. The lowest BCUT2D eigenvalue weighted by Gasteiger charge is -2.07. The highest BCUT2D eigenvalue weighted by molar-refractivity contribution is 7.12. The third kappa shape index (κ3) is 3.08. The van der Waals surface area contributed by atoms with Gasteiger partial charge in [0, 0.05) is 6.07 Å². The van der Waals surface area contributed by atoms with Crippen molar-refractivity contribution in [2.75, 3.05) is 12.4 Å². The van der Waals surface area contributed by atoms with Crippen molar-refractivity contribution in [1.29, 1.82) is 0 Å². The van der Waals surface area contributed by atoms with Crippen LogP contribution < -0.4 is 5.32 Å². The summed E-state index contributed by atoms with van der Waals surface area (Å²) < 4.78 is 31.4. The molecule has 0 spiro atoms. The Labute approximate surface area is 123 Å². The zero-order chi connectivity index (χ0) is 15.6. The summed E-state index contributed by atoms with van der Waals surface area (Å²) in [5.41, 5.74) is 0.0780. The van der Waals surface area contributed by atoms with Gasteiger partial charge in [0.05, 0.1) is 18.4 Å². The van der Waals surface area contributed by atoms with Crippen molar-refractivity contribution in [3.05, 3.63) is 51.2 Å². The first-order chi connectivity index (χ1) is 9.93. The van der Waals surface area contributed by atoms with Gasteiger partial charge < -0.3 is 10.1 Å². The summed E-state index contributed by atoms with van der Waals surface area (Å²) >= 11 is 1.09. The third-order valence-electron chi connectivity index (χ3n) is 2.78. The van der Waals surface area contributed by atoms with E-state index in [1.807, 2.05) is 0 Å². The normalized spacial score (nSPS) is 10.3. The second-order valence-corrected chi connectivity index (χ2v) is 5.11. The lowest BCUT2D eigenvalue weighted by molar-refractivity contribution is 0.0607. The van der Waals surface area contributed by atoms with Crippen LogP contribution in [0.25, 0.3) is 0 Å². The Balaban J connectivity index is 2.29. The number of amides is 1. The topological polar surface area (TPSA) is 55.4 Å². The van der Waals surface area contributed by atoms with Crippen molar-refractivity contribution < 1.29 is 23.1 Å². The van der Waals surface area contributed by atoms with E-state index >= 15 is 0 Å². The van der Waals surface area contributed by atoms with Crippen LogP contribution in [0.2, 0.25) is 0 Å². The molecule has 0 aliphatic heterocycles. The number of aryl methyl sites for hydroxylation is 1. The summed E-state index contributed by atoms with van der Waals surface area (Å²) in [4.78, 5) is 23.7. The van der Waals surface area contributed by atoms with E-state index in [0.717, 1.165) is 17.4 Å². The minimum absolute atomic E-state index is 0.153. The Kier molecular flexibility index (Phi) is 4.32. The number of hydrogen-bond donors (Lipinski definition) is 1. The molecule has 0 fully saturated rings. The molecular weight excluding hydrogens is 300 g/mol. The van der Waals surface area contributed by atoms with Gasteiger partial charge in [0.1, 0.15) is 16.5 Å². The average Bonchev–Trinajstić information content (AvgIpc) is 2.90. The zero-order valence-corrected chi connectivity index (χ0v) is 12.0. The fourth-order valence-electron chi connectivity index (χ4n) is 1.68. The number of ether oxygens (including phenoxy) is 1. The van der Waals surface area contributed by atoms with Gasteiger partial charge in [-0.2, -0.15) is 0 Å². The van der Waals surface area contributed by atoms with Crippen LogP contribution in [0.1, 0.15) is 25.6 Å². The molecule has 1 aromatic carbocycles. The van der Waals surface area contributed by atoms with Crippen LogP contribution in [-0.4, -0.2) is 19.0 Å². The Hall–Kier alpha value is -2.28. The fourth-order valence-corrected chi connectivity index (χ4v) is 2.45. The number of rotatable bonds is 3. The van der Waals surface area contributed by atoms with Crippen LogP contribution in [0.4, 0.5) is 14.5 Å². The number of nitrogens with one attached hydrogen (secondary N) is 1. The fraction of sp³-hybridized carbons (Fsp3) is 0.143. The SMILES string of the molecule is COC(=O)c1sccc1NC(=O)c1cc(C)c(F)cc1F. The van der Waals surface area contributed by atoms with E-state index < -0.39 is 23.5 Å². The van der Waals surface area contributed by atoms with E-state index in [1.54, 1.807) is 5.38 Å². The van der Waals surface area contributed by atoms with Crippen LogP contribution in [0.15, 0.2) is 23.6 Å². The van der Waals surface area contributed by atoms with Crippen LogP contribution >= 0.6 is 11.3 Å². The van der Waals surface area contributed by atoms with Gasteiger partial charge in [0.25, 0.3) is 5.91 Å². The van der Waals surface area contributed by atoms with Crippen LogP contribution in [0, 0.1) is 18.6 Å². The number of benzene rings is 1. The van der Waals surface area contributed by atoms with Gasteiger partial charge in [-0.1, -0.05) is 0 Å². The summed E-state index contributed by atoms with van der Waals surface area (Å²) in [6, 6.07) is 3.27. The molecule has 0 aliphatic carbocycles. The molecule has 2 aromatic rings. The molecule has 0 atom stereocenters. The number of carbonyl (C=O) groups is 2. The third-order valence-corrected chi connectivity index (χ3v) is 3.67. The molecule has 0 aliphatic rings. The molecule has 1 amide bonds.